The van der Waals surface area contributed by atoms with E-state index in [-0.39, 0.29) is 31.6 Å². The first-order valence-corrected chi connectivity index (χ1v) is 6.31. The van der Waals surface area contributed by atoms with E-state index < -0.39 is 5.41 Å². The standard InChI is InChI=1S/C14H21FN2O3/c1-10-6-11(4-5-12(10)15)16-13(20)17(3)7-14(2,8-18)9-19/h4-6,18-19H,7-9H2,1-3H3,(H,16,20). The average molecular weight is 284 g/mol. The molecule has 0 saturated carbocycles. The highest BCUT2D eigenvalue weighted by Crippen LogP contribution is 2.17. The van der Waals surface area contributed by atoms with Gasteiger partial charge in [0.05, 0.1) is 13.2 Å². The number of nitrogens with zero attached hydrogens (tertiary/aromatic N) is 1. The summed E-state index contributed by atoms with van der Waals surface area (Å²) in [6.45, 7) is 3.04. The van der Waals surface area contributed by atoms with Crippen LogP contribution in [0.4, 0.5) is 14.9 Å². The molecule has 0 unspecified atom stereocenters. The Hall–Kier alpha value is -1.66. The van der Waals surface area contributed by atoms with Crippen LogP contribution in [-0.4, -0.2) is 48.0 Å². The lowest BCUT2D eigenvalue weighted by molar-refractivity contribution is 0.0509. The lowest BCUT2D eigenvalue weighted by Gasteiger charge is -2.30. The summed E-state index contributed by atoms with van der Waals surface area (Å²) < 4.78 is 13.1. The van der Waals surface area contributed by atoms with E-state index in [4.69, 9.17) is 0 Å². The van der Waals surface area contributed by atoms with Gasteiger partial charge in [0, 0.05) is 24.7 Å². The fourth-order valence-corrected chi connectivity index (χ4v) is 1.74. The second-order valence-electron chi connectivity index (χ2n) is 5.38. The number of carbonyl (C=O) groups is 1. The van der Waals surface area contributed by atoms with Crippen molar-refractivity contribution >= 4 is 11.7 Å². The van der Waals surface area contributed by atoms with Gasteiger partial charge in [0.15, 0.2) is 0 Å². The van der Waals surface area contributed by atoms with E-state index in [1.807, 2.05) is 0 Å². The molecule has 6 heteroatoms. The van der Waals surface area contributed by atoms with Crippen molar-refractivity contribution in [1.29, 1.82) is 0 Å². The molecule has 0 fully saturated rings. The van der Waals surface area contributed by atoms with Crippen LogP contribution in [0.5, 0.6) is 0 Å². The zero-order valence-electron chi connectivity index (χ0n) is 12.0. The molecule has 0 aliphatic rings. The summed E-state index contributed by atoms with van der Waals surface area (Å²) in [4.78, 5) is 13.3. The molecular weight excluding hydrogens is 263 g/mol. The SMILES string of the molecule is Cc1cc(NC(=O)N(C)CC(C)(CO)CO)ccc1F. The van der Waals surface area contributed by atoms with E-state index in [9.17, 15) is 19.4 Å². The van der Waals surface area contributed by atoms with Crippen LogP contribution in [0.15, 0.2) is 18.2 Å². The van der Waals surface area contributed by atoms with Gasteiger partial charge >= 0.3 is 6.03 Å². The highest BCUT2D eigenvalue weighted by Gasteiger charge is 2.26. The molecule has 5 nitrogen and oxygen atoms in total. The number of amides is 2. The molecular formula is C14H21FN2O3. The van der Waals surface area contributed by atoms with Crippen molar-refractivity contribution in [1.82, 2.24) is 4.90 Å². The lowest BCUT2D eigenvalue weighted by Crippen LogP contribution is -2.43. The Balaban J connectivity index is 2.68. The smallest absolute Gasteiger partial charge is 0.321 e. The Morgan fingerprint density at radius 1 is 1.40 bits per heavy atom. The number of carbonyl (C=O) groups excluding carboxylic acids is 1. The van der Waals surface area contributed by atoms with Crippen molar-refractivity contribution in [2.24, 2.45) is 5.41 Å². The number of aryl methyl sites for hydroxylation is 1. The normalized spacial score (nSPS) is 11.3. The molecule has 2 amide bonds. The van der Waals surface area contributed by atoms with E-state index in [1.54, 1.807) is 27.0 Å². The minimum Gasteiger partial charge on any atom is -0.396 e. The third kappa shape index (κ3) is 4.18. The summed E-state index contributed by atoms with van der Waals surface area (Å²) in [6, 6.07) is 3.92. The number of rotatable bonds is 5. The van der Waals surface area contributed by atoms with Crippen molar-refractivity contribution in [3.63, 3.8) is 0 Å². The number of hydrogen-bond acceptors (Lipinski definition) is 3. The maximum Gasteiger partial charge on any atom is 0.321 e. The number of urea groups is 1. The highest BCUT2D eigenvalue weighted by molar-refractivity contribution is 5.89. The van der Waals surface area contributed by atoms with Crippen LogP contribution in [0.1, 0.15) is 12.5 Å². The first-order chi connectivity index (χ1) is 9.31. The average Bonchev–Trinajstić information content (AvgIpc) is 2.42. The molecule has 1 aromatic carbocycles. The van der Waals surface area contributed by atoms with Crippen molar-refractivity contribution in [2.45, 2.75) is 13.8 Å². The van der Waals surface area contributed by atoms with Gasteiger partial charge in [-0.05, 0) is 30.7 Å². The first kappa shape index (κ1) is 16.4. The predicted octanol–water partition coefficient (Wildman–Crippen LogP) is 1.59. The minimum absolute atomic E-state index is 0.200. The molecule has 0 radical (unpaired) electrons. The Bertz CT molecular complexity index is 475. The summed E-state index contributed by atoms with van der Waals surface area (Å²) in [5, 5.41) is 21.1. The summed E-state index contributed by atoms with van der Waals surface area (Å²) in [5.74, 6) is -0.329. The second-order valence-corrected chi connectivity index (χ2v) is 5.38. The molecule has 0 atom stereocenters. The molecule has 0 aliphatic carbocycles. The molecule has 0 aliphatic heterocycles. The molecule has 0 spiro atoms. The molecule has 1 rings (SSSR count). The van der Waals surface area contributed by atoms with Crippen LogP contribution in [0.2, 0.25) is 0 Å². The van der Waals surface area contributed by atoms with Gasteiger partial charge in [-0.1, -0.05) is 6.92 Å². The van der Waals surface area contributed by atoms with E-state index in [0.29, 0.717) is 11.3 Å². The number of aliphatic hydroxyl groups is 2. The number of nitrogens with one attached hydrogen (secondary N) is 1. The largest absolute Gasteiger partial charge is 0.396 e. The molecule has 0 heterocycles. The number of hydrogen-bond donors (Lipinski definition) is 3. The topological polar surface area (TPSA) is 72.8 Å². The zero-order valence-corrected chi connectivity index (χ0v) is 12.0. The van der Waals surface area contributed by atoms with Gasteiger partial charge in [0.25, 0.3) is 0 Å². The fraction of sp³-hybridized carbons (Fsp3) is 0.500. The summed E-state index contributed by atoms with van der Waals surface area (Å²) in [7, 11) is 1.56. The second kappa shape index (κ2) is 6.67. The Labute approximate surface area is 118 Å². The molecule has 20 heavy (non-hydrogen) atoms. The lowest BCUT2D eigenvalue weighted by atomic mass is 9.92. The van der Waals surface area contributed by atoms with Crippen molar-refractivity contribution < 1.29 is 19.4 Å². The van der Waals surface area contributed by atoms with E-state index >= 15 is 0 Å². The minimum atomic E-state index is -0.759. The van der Waals surface area contributed by atoms with Gasteiger partial charge in [-0.2, -0.15) is 0 Å². The maximum atomic E-state index is 13.1. The Morgan fingerprint density at radius 3 is 2.50 bits per heavy atom. The monoisotopic (exact) mass is 284 g/mol. The van der Waals surface area contributed by atoms with Crippen LogP contribution in [-0.2, 0) is 0 Å². The van der Waals surface area contributed by atoms with Gasteiger partial charge in [-0.3, -0.25) is 0 Å². The maximum absolute atomic E-state index is 13.1. The van der Waals surface area contributed by atoms with E-state index in [1.165, 1.54) is 17.0 Å². The molecule has 0 saturated heterocycles. The Morgan fingerprint density at radius 2 is 2.00 bits per heavy atom. The van der Waals surface area contributed by atoms with E-state index in [0.717, 1.165) is 0 Å². The van der Waals surface area contributed by atoms with Crippen LogP contribution < -0.4 is 5.32 Å². The highest BCUT2D eigenvalue weighted by atomic mass is 19.1. The van der Waals surface area contributed by atoms with Crippen molar-refractivity contribution in [3.8, 4) is 0 Å². The van der Waals surface area contributed by atoms with Crippen LogP contribution in [0, 0.1) is 18.2 Å². The molecule has 0 bridgehead atoms. The predicted molar refractivity (Wildman–Crippen MR) is 75.1 cm³/mol. The van der Waals surface area contributed by atoms with Crippen LogP contribution in [0.25, 0.3) is 0 Å². The zero-order chi connectivity index (χ0) is 15.3. The van der Waals surface area contributed by atoms with Gasteiger partial charge < -0.3 is 20.4 Å². The van der Waals surface area contributed by atoms with Crippen LogP contribution >= 0.6 is 0 Å². The van der Waals surface area contributed by atoms with Crippen molar-refractivity contribution in [2.75, 3.05) is 32.1 Å². The van der Waals surface area contributed by atoms with Gasteiger partial charge in [-0.25, -0.2) is 9.18 Å². The molecule has 112 valence electrons. The summed E-state index contributed by atoms with van der Waals surface area (Å²) in [5.41, 5.74) is 0.182. The number of anilines is 1. The van der Waals surface area contributed by atoms with Crippen LogP contribution in [0.3, 0.4) is 0 Å². The third-order valence-corrected chi connectivity index (χ3v) is 3.14. The van der Waals surface area contributed by atoms with Gasteiger partial charge in [0.2, 0.25) is 0 Å². The van der Waals surface area contributed by atoms with E-state index in [2.05, 4.69) is 5.32 Å². The van der Waals surface area contributed by atoms with Gasteiger partial charge in [0.1, 0.15) is 5.82 Å². The molecule has 0 aromatic heterocycles. The summed E-state index contributed by atoms with van der Waals surface area (Å²) >= 11 is 0. The molecule has 3 N–H and O–H groups in total. The van der Waals surface area contributed by atoms with Gasteiger partial charge in [-0.15, -0.1) is 0 Å². The number of benzene rings is 1. The fourth-order valence-electron chi connectivity index (χ4n) is 1.74. The van der Waals surface area contributed by atoms with Crippen molar-refractivity contribution in [3.05, 3.63) is 29.6 Å². The molecule has 1 aromatic rings. The Kier molecular flexibility index (Phi) is 5.47. The first-order valence-electron chi connectivity index (χ1n) is 6.31. The summed E-state index contributed by atoms with van der Waals surface area (Å²) in [6.07, 6.45) is 0. The third-order valence-electron chi connectivity index (χ3n) is 3.14. The quantitative estimate of drug-likeness (QED) is 0.769. The number of aliphatic hydroxyl groups excluding tert-OH is 2. The number of halogens is 1.